The summed E-state index contributed by atoms with van der Waals surface area (Å²) in [6.07, 6.45) is 77.8. The molecule has 1 aliphatic heterocycles. The Kier molecular flexibility index (Phi) is 67.4. The third-order valence-electron chi connectivity index (χ3n) is 20.3. The van der Waals surface area contributed by atoms with Crippen molar-refractivity contribution in [2.45, 2.75) is 486 Å². The van der Waals surface area contributed by atoms with Gasteiger partial charge in [0, 0.05) is 0 Å². The molecule has 0 aromatic heterocycles. The molecule has 9 atom stereocenters. The molecule has 1 saturated heterocycles. The third kappa shape index (κ3) is 55.8. The maximum absolute atomic E-state index is 13.3. The Morgan fingerprint density at radius 2 is 0.641 bits per heavy atom. The molecule has 1 heterocycles. The molecule has 1 amide bonds. The molecule has 0 aromatic rings. The number of rotatable bonds is 74. The zero-order chi connectivity index (χ0) is 66.7. The van der Waals surface area contributed by atoms with Crippen LogP contribution in [-0.4, -0.2) is 110 Å². The van der Waals surface area contributed by atoms with Crippen LogP contribution in [0.15, 0.2) is 12.2 Å². The first-order valence-electron chi connectivity index (χ1n) is 41.1. The smallest absolute Gasteiger partial charge is 0.249 e. The topological polar surface area (TPSA) is 189 Å². The van der Waals surface area contributed by atoms with Gasteiger partial charge in [-0.2, -0.15) is 0 Å². The number of aliphatic hydroxyl groups is 7. The first-order valence-corrected chi connectivity index (χ1v) is 41.1. The Balaban J connectivity index is 2.12. The van der Waals surface area contributed by atoms with E-state index < -0.39 is 74.2 Å². The second-order valence-electron chi connectivity index (χ2n) is 29.2. The predicted molar refractivity (Wildman–Crippen MR) is 390 cm³/mol. The normalized spacial score (nSPS) is 18.3. The average molecular weight is 1310 g/mol. The standard InChI is InChI=1S/C81H159NO10/c1-3-5-7-9-11-13-15-17-19-21-23-25-27-29-31-33-35-36-37-39-41-43-45-47-49-51-53-55-57-59-61-63-65-67-69-74(85)80(90)82-72(71-91-81-79(89)78(88)77(87)75(70-83)92-81)76(86)73(84)68-66-64-62-60-58-56-54-52-50-48-46-44-42-40-38-34-32-30-28-26-24-22-20-18-16-14-12-10-8-6-4-2/h60,62,72-79,81,83-89H,3-59,61,63-71H2,1-2H3,(H,82,90)/b62-60+. The van der Waals surface area contributed by atoms with Gasteiger partial charge in [-0.15, -0.1) is 0 Å². The number of hydrogen-bond acceptors (Lipinski definition) is 10. The first-order chi connectivity index (χ1) is 45.2. The lowest BCUT2D eigenvalue weighted by molar-refractivity contribution is -0.303. The number of allylic oxidation sites excluding steroid dienone is 2. The van der Waals surface area contributed by atoms with Crippen LogP contribution in [0.5, 0.6) is 0 Å². The SMILES string of the molecule is CCCCCCCCCCCCCCCCCCCCCCCCCCCC/C=C/CCCC(O)C(O)C(COC1OC(CO)C(O)C(O)C1O)NC(=O)C(O)CCCCCCCCCCCCCCCCCCCCCCCCCCCCCCCCCCCC. The van der Waals surface area contributed by atoms with Crippen LogP contribution in [0, 0.1) is 0 Å². The third-order valence-corrected chi connectivity index (χ3v) is 20.3. The molecule has 92 heavy (non-hydrogen) atoms. The molecule has 11 heteroatoms. The van der Waals surface area contributed by atoms with Gasteiger partial charge in [-0.3, -0.25) is 4.79 Å². The van der Waals surface area contributed by atoms with Gasteiger partial charge in [0.2, 0.25) is 5.91 Å². The summed E-state index contributed by atoms with van der Waals surface area (Å²) in [5.74, 6) is -0.696. The van der Waals surface area contributed by atoms with Gasteiger partial charge in [-0.25, -0.2) is 0 Å². The number of carbonyl (C=O) groups excluding carboxylic acids is 1. The van der Waals surface area contributed by atoms with Gasteiger partial charge < -0.3 is 50.5 Å². The zero-order valence-corrected chi connectivity index (χ0v) is 61.1. The van der Waals surface area contributed by atoms with E-state index in [1.165, 1.54) is 360 Å². The predicted octanol–water partition coefficient (Wildman–Crippen LogP) is 21.3. The Morgan fingerprint density at radius 1 is 0.370 bits per heavy atom. The van der Waals surface area contributed by atoms with Gasteiger partial charge in [-0.05, 0) is 38.5 Å². The van der Waals surface area contributed by atoms with Crippen molar-refractivity contribution in [1.82, 2.24) is 5.32 Å². The Labute approximate surface area is 570 Å². The summed E-state index contributed by atoms with van der Waals surface area (Å²) in [5.41, 5.74) is 0. The average Bonchev–Trinajstić information content (AvgIpc) is 0.958. The molecule has 0 radical (unpaired) electrons. The van der Waals surface area contributed by atoms with Gasteiger partial charge in [0.05, 0.1) is 25.4 Å². The van der Waals surface area contributed by atoms with E-state index in [0.29, 0.717) is 12.8 Å². The molecule has 0 aliphatic carbocycles. The summed E-state index contributed by atoms with van der Waals surface area (Å²) < 4.78 is 11.2. The molecule has 0 saturated carbocycles. The lowest BCUT2D eigenvalue weighted by atomic mass is 9.98. The molecule has 548 valence electrons. The van der Waals surface area contributed by atoms with Crippen molar-refractivity contribution in [2.75, 3.05) is 13.2 Å². The molecule has 1 rings (SSSR count). The molecular formula is C81H159NO10. The Morgan fingerprint density at radius 3 is 0.935 bits per heavy atom. The summed E-state index contributed by atoms with van der Waals surface area (Å²) in [5, 5.41) is 76.7. The van der Waals surface area contributed by atoms with Crippen LogP contribution >= 0.6 is 0 Å². The molecule has 0 aromatic carbocycles. The maximum atomic E-state index is 13.3. The second kappa shape index (κ2) is 69.7. The van der Waals surface area contributed by atoms with Crippen molar-refractivity contribution in [3.63, 3.8) is 0 Å². The molecule has 11 nitrogen and oxygen atoms in total. The van der Waals surface area contributed by atoms with Crippen LogP contribution in [0.4, 0.5) is 0 Å². The lowest BCUT2D eigenvalue weighted by Gasteiger charge is -2.40. The quantitative estimate of drug-likeness (QED) is 0.0215. The molecule has 1 aliphatic rings. The van der Waals surface area contributed by atoms with Gasteiger partial charge in [0.25, 0.3) is 0 Å². The van der Waals surface area contributed by atoms with Crippen molar-refractivity contribution in [3.8, 4) is 0 Å². The van der Waals surface area contributed by atoms with Gasteiger partial charge in [-0.1, -0.05) is 405 Å². The van der Waals surface area contributed by atoms with E-state index in [9.17, 15) is 40.5 Å². The number of unbranched alkanes of at least 4 members (excludes halogenated alkanes) is 60. The second-order valence-corrected chi connectivity index (χ2v) is 29.2. The largest absolute Gasteiger partial charge is 0.394 e. The van der Waals surface area contributed by atoms with Gasteiger partial charge in [0.1, 0.15) is 36.6 Å². The van der Waals surface area contributed by atoms with Crippen molar-refractivity contribution in [3.05, 3.63) is 12.2 Å². The minimum atomic E-state index is -1.67. The Hall–Kier alpha value is -1.15. The van der Waals surface area contributed by atoms with E-state index in [0.717, 1.165) is 32.1 Å². The fraction of sp³-hybridized carbons (Fsp3) is 0.963. The number of nitrogens with one attached hydrogen (secondary N) is 1. The molecule has 0 spiro atoms. The number of aliphatic hydroxyl groups excluding tert-OH is 7. The summed E-state index contributed by atoms with van der Waals surface area (Å²) in [6, 6.07) is -1.18. The molecule has 1 fully saturated rings. The van der Waals surface area contributed by atoms with E-state index in [-0.39, 0.29) is 12.8 Å². The maximum Gasteiger partial charge on any atom is 0.249 e. The highest BCUT2D eigenvalue weighted by molar-refractivity contribution is 5.80. The van der Waals surface area contributed by atoms with E-state index in [1.54, 1.807) is 0 Å². The summed E-state index contributed by atoms with van der Waals surface area (Å²) in [6.45, 7) is 3.53. The fourth-order valence-corrected chi connectivity index (χ4v) is 13.8. The molecule has 9 unspecified atom stereocenters. The van der Waals surface area contributed by atoms with Gasteiger partial charge in [0.15, 0.2) is 6.29 Å². The minimum Gasteiger partial charge on any atom is -0.394 e. The van der Waals surface area contributed by atoms with Crippen LogP contribution in [0.3, 0.4) is 0 Å². The van der Waals surface area contributed by atoms with Crippen LogP contribution in [0.1, 0.15) is 431 Å². The van der Waals surface area contributed by atoms with Crippen LogP contribution in [-0.2, 0) is 14.3 Å². The summed E-state index contributed by atoms with van der Waals surface area (Å²) in [7, 11) is 0. The van der Waals surface area contributed by atoms with E-state index in [1.807, 2.05) is 0 Å². The highest BCUT2D eigenvalue weighted by Crippen LogP contribution is 2.25. The zero-order valence-electron chi connectivity index (χ0n) is 61.1. The van der Waals surface area contributed by atoms with Gasteiger partial charge >= 0.3 is 0 Å². The Bertz CT molecular complexity index is 1500. The van der Waals surface area contributed by atoms with Crippen molar-refractivity contribution in [1.29, 1.82) is 0 Å². The lowest BCUT2D eigenvalue weighted by Crippen LogP contribution is -2.60. The number of carbonyl (C=O) groups is 1. The molecular weight excluding hydrogens is 1150 g/mol. The highest BCUT2D eigenvalue weighted by atomic mass is 16.7. The van der Waals surface area contributed by atoms with Crippen LogP contribution in [0.25, 0.3) is 0 Å². The van der Waals surface area contributed by atoms with Crippen LogP contribution in [0.2, 0.25) is 0 Å². The van der Waals surface area contributed by atoms with E-state index in [4.69, 9.17) is 9.47 Å². The van der Waals surface area contributed by atoms with Crippen LogP contribution < -0.4 is 5.32 Å². The summed E-state index contributed by atoms with van der Waals surface area (Å²) in [4.78, 5) is 13.3. The van der Waals surface area contributed by atoms with E-state index in [2.05, 4.69) is 31.3 Å². The monoisotopic (exact) mass is 1310 g/mol. The number of amides is 1. The molecule has 8 N–H and O–H groups in total. The highest BCUT2D eigenvalue weighted by Gasteiger charge is 2.44. The fourth-order valence-electron chi connectivity index (χ4n) is 13.8. The van der Waals surface area contributed by atoms with Crippen molar-refractivity contribution < 1.29 is 50.0 Å². The minimum absolute atomic E-state index is 0.260. The van der Waals surface area contributed by atoms with Crippen molar-refractivity contribution in [2.24, 2.45) is 0 Å². The van der Waals surface area contributed by atoms with Crippen molar-refractivity contribution >= 4 is 5.91 Å². The summed E-state index contributed by atoms with van der Waals surface area (Å²) >= 11 is 0. The number of hydrogen-bond donors (Lipinski definition) is 8. The van der Waals surface area contributed by atoms with E-state index >= 15 is 0 Å². The number of ether oxygens (including phenoxy) is 2. The first kappa shape index (κ1) is 88.9. The molecule has 0 bridgehead atoms.